The van der Waals surface area contributed by atoms with Crippen LogP contribution in [0.15, 0.2) is 72.8 Å². The van der Waals surface area contributed by atoms with Gasteiger partial charge < -0.3 is 15.5 Å². The zero-order chi connectivity index (χ0) is 24.6. The van der Waals surface area contributed by atoms with Gasteiger partial charge in [-0.15, -0.1) is 0 Å². The molecule has 2 heterocycles. The van der Waals surface area contributed by atoms with Gasteiger partial charge in [0.1, 0.15) is 5.82 Å². The molecular formula is C30H25FN4O. The lowest BCUT2D eigenvalue weighted by Gasteiger charge is -2.34. The molecule has 0 aromatic heterocycles. The topological polar surface area (TPSA) is 68.2 Å². The van der Waals surface area contributed by atoms with E-state index in [1.54, 1.807) is 12.1 Å². The number of piperidine rings is 1. The summed E-state index contributed by atoms with van der Waals surface area (Å²) in [5, 5.41) is 17.7. The number of nitrogens with zero attached hydrogens (tertiary/aromatic N) is 2. The van der Waals surface area contributed by atoms with Crippen LogP contribution in [0, 0.1) is 17.1 Å². The molecule has 5 nitrogen and oxygen atoms in total. The summed E-state index contributed by atoms with van der Waals surface area (Å²) in [4.78, 5) is 14.3. The van der Waals surface area contributed by atoms with Crippen LogP contribution in [-0.2, 0) is 6.42 Å². The molecule has 6 rings (SSSR count). The first kappa shape index (κ1) is 22.1. The van der Waals surface area contributed by atoms with Crippen LogP contribution in [0.4, 0.5) is 21.5 Å². The van der Waals surface area contributed by atoms with Crippen molar-refractivity contribution in [1.29, 1.82) is 5.26 Å². The first-order valence-electron chi connectivity index (χ1n) is 12.2. The monoisotopic (exact) mass is 476 g/mol. The SMILES string of the molecule is N#Cc1ccc(N2CCC(Nc3ccc(Cc4ccc5c6c(cccc46)C(=O)N5)cc3)CC2)c(F)c1. The van der Waals surface area contributed by atoms with Gasteiger partial charge >= 0.3 is 0 Å². The molecule has 4 aromatic rings. The average Bonchev–Trinajstić information content (AvgIpc) is 3.24. The van der Waals surface area contributed by atoms with Gasteiger partial charge in [-0.2, -0.15) is 5.26 Å². The quantitative estimate of drug-likeness (QED) is 0.366. The van der Waals surface area contributed by atoms with E-state index in [4.69, 9.17) is 5.26 Å². The van der Waals surface area contributed by atoms with Crippen molar-refractivity contribution in [1.82, 2.24) is 0 Å². The molecule has 1 saturated heterocycles. The van der Waals surface area contributed by atoms with E-state index in [2.05, 4.69) is 51.9 Å². The summed E-state index contributed by atoms with van der Waals surface area (Å²) in [5.74, 6) is -0.366. The van der Waals surface area contributed by atoms with Crippen LogP contribution in [0.2, 0.25) is 0 Å². The van der Waals surface area contributed by atoms with Gasteiger partial charge in [-0.3, -0.25) is 4.79 Å². The number of nitriles is 1. The van der Waals surface area contributed by atoms with Crippen molar-refractivity contribution in [2.24, 2.45) is 0 Å². The number of carbonyl (C=O) groups is 1. The Morgan fingerprint density at radius 3 is 2.58 bits per heavy atom. The first-order valence-corrected chi connectivity index (χ1v) is 12.2. The maximum Gasteiger partial charge on any atom is 0.256 e. The standard InChI is InChI=1S/C30H25FN4O/c31-26-17-20(18-32)6-11-28(26)35-14-12-23(13-15-35)33-22-8-4-19(5-9-22)16-21-7-10-27-29-24(21)2-1-3-25(29)30(36)34-27/h1-11,17,23,33H,12-16H2,(H,34,36). The fourth-order valence-corrected chi connectivity index (χ4v) is 5.38. The Balaban J connectivity index is 1.10. The van der Waals surface area contributed by atoms with Crippen molar-refractivity contribution >= 4 is 33.7 Å². The highest BCUT2D eigenvalue weighted by atomic mass is 19.1. The number of anilines is 3. The minimum absolute atomic E-state index is 0.0314. The van der Waals surface area contributed by atoms with Crippen LogP contribution in [0.5, 0.6) is 0 Å². The van der Waals surface area contributed by atoms with Gasteiger partial charge in [-0.25, -0.2) is 4.39 Å². The van der Waals surface area contributed by atoms with Crippen molar-refractivity contribution in [3.05, 3.63) is 101 Å². The number of hydrogen-bond donors (Lipinski definition) is 2. The molecule has 0 bridgehead atoms. The van der Waals surface area contributed by atoms with Gasteiger partial charge in [-0.05, 0) is 78.2 Å². The first-order chi connectivity index (χ1) is 17.6. The predicted molar refractivity (Wildman–Crippen MR) is 141 cm³/mol. The van der Waals surface area contributed by atoms with Gasteiger partial charge in [0.25, 0.3) is 5.91 Å². The minimum Gasteiger partial charge on any atom is -0.382 e. The summed E-state index contributed by atoms with van der Waals surface area (Å²) < 4.78 is 14.4. The maximum atomic E-state index is 14.4. The van der Waals surface area contributed by atoms with Crippen molar-refractivity contribution < 1.29 is 9.18 Å². The Hall–Kier alpha value is -4.37. The molecule has 2 aliphatic rings. The zero-order valence-electron chi connectivity index (χ0n) is 19.7. The molecule has 0 atom stereocenters. The highest BCUT2D eigenvalue weighted by Crippen LogP contribution is 2.35. The van der Waals surface area contributed by atoms with E-state index in [-0.39, 0.29) is 11.7 Å². The number of rotatable bonds is 5. The number of carbonyl (C=O) groups excluding carboxylic acids is 1. The molecule has 1 fully saturated rings. The third-order valence-electron chi connectivity index (χ3n) is 7.26. The Labute approximate surface area is 209 Å². The molecule has 178 valence electrons. The molecule has 0 unspecified atom stereocenters. The summed E-state index contributed by atoms with van der Waals surface area (Å²) in [6.45, 7) is 1.53. The van der Waals surface area contributed by atoms with Crippen LogP contribution < -0.4 is 15.5 Å². The number of hydrogen-bond acceptors (Lipinski definition) is 4. The third kappa shape index (κ3) is 4.03. The molecule has 6 heteroatoms. The molecule has 4 aromatic carbocycles. The molecule has 2 aliphatic heterocycles. The Morgan fingerprint density at radius 1 is 1.03 bits per heavy atom. The van der Waals surface area contributed by atoms with E-state index in [0.29, 0.717) is 17.3 Å². The largest absolute Gasteiger partial charge is 0.382 e. The second kappa shape index (κ2) is 9.01. The lowest BCUT2D eigenvalue weighted by molar-refractivity contribution is 0.103. The van der Waals surface area contributed by atoms with E-state index in [9.17, 15) is 9.18 Å². The third-order valence-corrected chi connectivity index (χ3v) is 7.26. The minimum atomic E-state index is -0.334. The van der Waals surface area contributed by atoms with Gasteiger partial charge in [0.15, 0.2) is 0 Å². The summed E-state index contributed by atoms with van der Waals surface area (Å²) in [6, 6.07) is 25.5. The molecule has 2 N–H and O–H groups in total. The molecule has 1 amide bonds. The smallest absolute Gasteiger partial charge is 0.256 e. The Morgan fingerprint density at radius 2 is 1.83 bits per heavy atom. The molecule has 0 saturated carbocycles. The molecule has 0 aliphatic carbocycles. The van der Waals surface area contributed by atoms with Crippen LogP contribution in [0.3, 0.4) is 0 Å². The predicted octanol–water partition coefficient (Wildman–Crippen LogP) is 6.09. The van der Waals surface area contributed by atoms with E-state index in [1.807, 2.05) is 24.3 Å². The van der Waals surface area contributed by atoms with Crippen LogP contribution in [0.25, 0.3) is 10.8 Å². The summed E-state index contributed by atoms with van der Waals surface area (Å²) >= 11 is 0. The van der Waals surface area contributed by atoms with Gasteiger partial charge in [0.2, 0.25) is 0 Å². The van der Waals surface area contributed by atoms with Gasteiger partial charge in [0.05, 0.1) is 17.3 Å². The highest BCUT2D eigenvalue weighted by molar-refractivity contribution is 6.24. The van der Waals surface area contributed by atoms with E-state index in [0.717, 1.165) is 60.1 Å². The van der Waals surface area contributed by atoms with Crippen molar-refractivity contribution in [3.63, 3.8) is 0 Å². The normalized spacial score (nSPS) is 15.1. The highest BCUT2D eigenvalue weighted by Gasteiger charge is 2.23. The maximum absolute atomic E-state index is 14.4. The van der Waals surface area contributed by atoms with E-state index >= 15 is 0 Å². The van der Waals surface area contributed by atoms with Crippen molar-refractivity contribution in [2.75, 3.05) is 28.6 Å². The van der Waals surface area contributed by atoms with Crippen molar-refractivity contribution in [2.45, 2.75) is 25.3 Å². The van der Waals surface area contributed by atoms with E-state index < -0.39 is 0 Å². The molecular weight excluding hydrogens is 451 g/mol. The zero-order valence-corrected chi connectivity index (χ0v) is 19.7. The molecule has 36 heavy (non-hydrogen) atoms. The van der Waals surface area contributed by atoms with Gasteiger partial charge in [-0.1, -0.05) is 30.3 Å². The van der Waals surface area contributed by atoms with Gasteiger partial charge in [0, 0.05) is 41.5 Å². The second-order valence-electron chi connectivity index (χ2n) is 9.51. The lowest BCUT2D eigenvalue weighted by Crippen LogP contribution is -2.39. The summed E-state index contributed by atoms with van der Waals surface area (Å²) in [6.07, 6.45) is 2.62. The summed E-state index contributed by atoms with van der Waals surface area (Å²) in [5.41, 5.74) is 6.05. The second-order valence-corrected chi connectivity index (χ2v) is 9.51. The number of amides is 1. The Bertz CT molecular complexity index is 1520. The van der Waals surface area contributed by atoms with Crippen LogP contribution in [0.1, 0.15) is 39.9 Å². The molecule has 0 spiro atoms. The van der Waals surface area contributed by atoms with Crippen molar-refractivity contribution in [3.8, 4) is 6.07 Å². The average molecular weight is 477 g/mol. The fraction of sp³-hybridized carbons (Fsp3) is 0.200. The van der Waals surface area contributed by atoms with Crippen LogP contribution in [-0.4, -0.2) is 25.0 Å². The lowest BCUT2D eigenvalue weighted by atomic mass is 9.96. The Kier molecular flexibility index (Phi) is 5.54. The summed E-state index contributed by atoms with van der Waals surface area (Å²) in [7, 11) is 0. The number of nitrogens with one attached hydrogen (secondary N) is 2. The molecule has 0 radical (unpaired) electrons. The fourth-order valence-electron chi connectivity index (χ4n) is 5.38. The number of benzene rings is 4. The van der Waals surface area contributed by atoms with Crippen LogP contribution >= 0.6 is 0 Å². The number of halogens is 1. The van der Waals surface area contributed by atoms with E-state index in [1.165, 1.54) is 17.2 Å².